The number of benzene rings is 2. The summed E-state index contributed by atoms with van der Waals surface area (Å²) in [5.41, 5.74) is 0.946. The van der Waals surface area contributed by atoms with Gasteiger partial charge >= 0.3 is 0 Å². The topological polar surface area (TPSA) is 131 Å². The second-order valence-electron chi connectivity index (χ2n) is 7.18. The first-order chi connectivity index (χ1) is 15.7. The van der Waals surface area contributed by atoms with Gasteiger partial charge in [0, 0.05) is 36.8 Å². The van der Waals surface area contributed by atoms with E-state index in [-0.39, 0.29) is 10.8 Å². The average Bonchev–Trinajstić information content (AvgIpc) is 3.27. The van der Waals surface area contributed by atoms with E-state index >= 15 is 0 Å². The largest absolute Gasteiger partial charge is 0.492 e. The van der Waals surface area contributed by atoms with Gasteiger partial charge in [-0.05, 0) is 49.4 Å². The fourth-order valence-electron chi connectivity index (χ4n) is 2.88. The maximum Gasteiger partial charge on any atom is 0.242 e. The smallest absolute Gasteiger partial charge is 0.242 e. The van der Waals surface area contributed by atoms with Gasteiger partial charge in [-0.25, -0.2) is 8.42 Å². The Morgan fingerprint density at radius 1 is 1.06 bits per heavy atom. The molecule has 0 spiro atoms. The number of amides is 2. The van der Waals surface area contributed by atoms with E-state index < -0.39 is 22.0 Å². The van der Waals surface area contributed by atoms with Crippen LogP contribution in [0.15, 0.2) is 71.9 Å². The molecule has 0 bridgehead atoms. The quantitative estimate of drug-likeness (QED) is 0.416. The molecule has 0 fully saturated rings. The zero-order valence-corrected chi connectivity index (χ0v) is 19.0. The zero-order chi connectivity index (χ0) is 23.8. The molecule has 0 radical (unpaired) electrons. The molecule has 11 heteroatoms. The van der Waals surface area contributed by atoms with E-state index in [1.807, 2.05) is 12.3 Å². The van der Waals surface area contributed by atoms with Crippen LogP contribution in [-0.4, -0.2) is 42.7 Å². The summed E-state index contributed by atoms with van der Waals surface area (Å²) in [6, 6.07) is 13.3. The van der Waals surface area contributed by atoms with Gasteiger partial charge in [0.1, 0.15) is 12.4 Å². The molecule has 2 amide bonds. The number of anilines is 2. The Kier molecular flexibility index (Phi) is 7.80. The minimum absolute atomic E-state index is 0.0242. The Balaban J connectivity index is 1.55. The van der Waals surface area contributed by atoms with Crippen LogP contribution in [0.2, 0.25) is 0 Å². The highest BCUT2D eigenvalue weighted by Gasteiger charge is 2.22. The van der Waals surface area contributed by atoms with Crippen molar-refractivity contribution in [3.05, 3.63) is 67.0 Å². The van der Waals surface area contributed by atoms with Crippen LogP contribution in [0.25, 0.3) is 0 Å². The van der Waals surface area contributed by atoms with Gasteiger partial charge in [0.05, 0.1) is 17.5 Å². The first kappa shape index (κ1) is 24.0. The van der Waals surface area contributed by atoms with E-state index in [4.69, 9.17) is 4.74 Å². The second-order valence-corrected chi connectivity index (χ2v) is 8.90. The fraction of sp³-hybridized carbons (Fsp3) is 0.227. The van der Waals surface area contributed by atoms with Crippen molar-refractivity contribution in [1.29, 1.82) is 0 Å². The third-order valence-corrected chi connectivity index (χ3v) is 6.02. The van der Waals surface area contributed by atoms with Crippen molar-refractivity contribution in [2.24, 2.45) is 0 Å². The Hall–Kier alpha value is -3.70. The maximum atomic E-state index is 12.6. The molecule has 3 aromatic rings. The molecular formula is C22H25N5O5S. The van der Waals surface area contributed by atoms with Crippen LogP contribution in [0.5, 0.6) is 5.75 Å². The number of ether oxygens (including phenoxy) is 1. The predicted molar refractivity (Wildman–Crippen MR) is 123 cm³/mol. The van der Waals surface area contributed by atoms with Gasteiger partial charge < -0.3 is 15.4 Å². The summed E-state index contributed by atoms with van der Waals surface area (Å²) in [4.78, 5) is 23.6. The molecule has 3 N–H and O–H groups in total. The van der Waals surface area contributed by atoms with E-state index in [1.165, 1.54) is 38.1 Å². The van der Waals surface area contributed by atoms with E-state index in [0.717, 1.165) is 0 Å². The molecule has 0 saturated carbocycles. The summed E-state index contributed by atoms with van der Waals surface area (Å²) in [5, 5.41) is 9.34. The standard InChI is InChI=1S/C22H25N5O5S/c1-16(26-33(30,31)21-9-7-18(8-10-21)24-17(2)28)22(29)25-19-5-3-6-20(15-19)32-14-13-27-12-4-11-23-27/h3-12,15-16,26H,13-14H2,1-2H3,(H,24,28)(H,25,29)/t16-/m0/s1. The molecule has 1 atom stereocenters. The predicted octanol–water partition coefficient (Wildman–Crippen LogP) is 2.23. The summed E-state index contributed by atoms with van der Waals surface area (Å²) in [6.07, 6.45) is 3.52. The number of nitrogens with one attached hydrogen (secondary N) is 3. The van der Waals surface area contributed by atoms with Gasteiger partial charge in [0.2, 0.25) is 21.8 Å². The van der Waals surface area contributed by atoms with E-state index in [1.54, 1.807) is 35.1 Å². The Morgan fingerprint density at radius 2 is 1.82 bits per heavy atom. The van der Waals surface area contributed by atoms with Crippen LogP contribution >= 0.6 is 0 Å². The number of aromatic nitrogens is 2. The molecule has 0 aliphatic rings. The van der Waals surface area contributed by atoms with Gasteiger partial charge in [-0.2, -0.15) is 9.82 Å². The lowest BCUT2D eigenvalue weighted by Crippen LogP contribution is -2.41. The molecule has 0 unspecified atom stereocenters. The molecule has 0 saturated heterocycles. The van der Waals surface area contributed by atoms with Crippen LogP contribution in [-0.2, 0) is 26.2 Å². The number of hydrogen-bond donors (Lipinski definition) is 3. The van der Waals surface area contributed by atoms with Crippen LogP contribution in [0.3, 0.4) is 0 Å². The Labute approximate surface area is 192 Å². The van der Waals surface area contributed by atoms with Crippen molar-refractivity contribution >= 4 is 33.2 Å². The molecule has 174 valence electrons. The molecular weight excluding hydrogens is 446 g/mol. The highest BCUT2D eigenvalue weighted by atomic mass is 32.2. The van der Waals surface area contributed by atoms with Gasteiger partial charge in [-0.1, -0.05) is 6.07 Å². The Morgan fingerprint density at radius 3 is 2.48 bits per heavy atom. The number of carbonyl (C=O) groups is 2. The van der Waals surface area contributed by atoms with Gasteiger partial charge in [-0.15, -0.1) is 0 Å². The minimum atomic E-state index is -3.94. The van der Waals surface area contributed by atoms with Crippen molar-refractivity contribution in [2.45, 2.75) is 31.3 Å². The van der Waals surface area contributed by atoms with Crippen LogP contribution in [0.1, 0.15) is 13.8 Å². The summed E-state index contributed by atoms with van der Waals surface area (Å²) < 4.78 is 35.0. The number of carbonyl (C=O) groups excluding carboxylic acids is 2. The zero-order valence-electron chi connectivity index (χ0n) is 18.2. The molecule has 1 heterocycles. The van der Waals surface area contributed by atoms with Crippen LogP contribution in [0.4, 0.5) is 11.4 Å². The number of hydrogen-bond acceptors (Lipinski definition) is 6. The van der Waals surface area contributed by atoms with Crippen molar-refractivity contribution in [2.75, 3.05) is 17.2 Å². The molecule has 3 rings (SSSR count). The van der Waals surface area contributed by atoms with E-state index in [9.17, 15) is 18.0 Å². The fourth-order valence-corrected chi connectivity index (χ4v) is 4.08. The number of rotatable bonds is 10. The van der Waals surface area contributed by atoms with Crippen LogP contribution < -0.4 is 20.1 Å². The second kappa shape index (κ2) is 10.7. The van der Waals surface area contributed by atoms with Crippen molar-refractivity contribution in [3.63, 3.8) is 0 Å². The minimum Gasteiger partial charge on any atom is -0.492 e. The van der Waals surface area contributed by atoms with E-state index in [0.29, 0.717) is 30.3 Å². The monoisotopic (exact) mass is 471 g/mol. The first-order valence-electron chi connectivity index (χ1n) is 10.1. The molecule has 33 heavy (non-hydrogen) atoms. The highest BCUT2D eigenvalue weighted by molar-refractivity contribution is 7.89. The first-order valence-corrected chi connectivity index (χ1v) is 11.6. The van der Waals surface area contributed by atoms with E-state index in [2.05, 4.69) is 20.5 Å². The SMILES string of the molecule is CC(=O)Nc1ccc(S(=O)(=O)N[C@@H](C)C(=O)Nc2cccc(OCCn3cccn3)c2)cc1. The number of sulfonamides is 1. The van der Waals surface area contributed by atoms with Crippen LogP contribution in [0, 0.1) is 0 Å². The third-order valence-electron chi connectivity index (χ3n) is 4.46. The van der Waals surface area contributed by atoms with Gasteiger partial charge in [-0.3, -0.25) is 14.3 Å². The third kappa shape index (κ3) is 7.16. The molecule has 0 aliphatic carbocycles. The van der Waals surface area contributed by atoms with Crippen molar-refractivity contribution < 1.29 is 22.7 Å². The Bertz CT molecular complexity index is 1190. The van der Waals surface area contributed by atoms with Crippen molar-refractivity contribution in [3.8, 4) is 5.75 Å². The molecule has 0 aliphatic heterocycles. The molecule has 10 nitrogen and oxygen atoms in total. The summed E-state index contributed by atoms with van der Waals surface area (Å²) in [6.45, 7) is 3.78. The highest BCUT2D eigenvalue weighted by Crippen LogP contribution is 2.18. The summed E-state index contributed by atoms with van der Waals surface area (Å²) in [7, 11) is -3.94. The average molecular weight is 472 g/mol. The van der Waals surface area contributed by atoms with Crippen molar-refractivity contribution in [1.82, 2.24) is 14.5 Å². The lowest BCUT2D eigenvalue weighted by atomic mass is 10.2. The number of nitrogens with zero attached hydrogens (tertiary/aromatic N) is 2. The summed E-state index contributed by atoms with van der Waals surface area (Å²) in [5.74, 6) is -0.226. The lowest BCUT2D eigenvalue weighted by Gasteiger charge is -2.15. The van der Waals surface area contributed by atoms with Gasteiger partial charge in [0.25, 0.3) is 0 Å². The summed E-state index contributed by atoms with van der Waals surface area (Å²) >= 11 is 0. The molecule has 2 aromatic carbocycles. The lowest BCUT2D eigenvalue weighted by molar-refractivity contribution is -0.117. The normalized spacial score (nSPS) is 12.1. The van der Waals surface area contributed by atoms with Gasteiger partial charge in [0.15, 0.2) is 0 Å². The molecule has 1 aromatic heterocycles. The maximum absolute atomic E-state index is 12.6.